The molecule has 6 nitrogen and oxygen atoms in total. The van der Waals surface area contributed by atoms with E-state index in [1.165, 1.54) is 13.8 Å². The van der Waals surface area contributed by atoms with Gasteiger partial charge in [0.2, 0.25) is 0 Å². The van der Waals surface area contributed by atoms with E-state index in [0.717, 1.165) is 24.9 Å². The lowest BCUT2D eigenvalue weighted by atomic mass is 10.2. The van der Waals surface area contributed by atoms with Gasteiger partial charge in [0.1, 0.15) is 17.7 Å². The van der Waals surface area contributed by atoms with Gasteiger partial charge in [0, 0.05) is 25.4 Å². The SMILES string of the molecule is CC(C)(O)C=O.CNc1cc(C=O)cc(C)n1.CO. The van der Waals surface area contributed by atoms with Crippen LogP contribution in [0.4, 0.5) is 5.82 Å². The largest absolute Gasteiger partial charge is 0.400 e. The third-order valence-corrected chi connectivity index (χ3v) is 1.66. The van der Waals surface area contributed by atoms with Gasteiger partial charge in [-0.25, -0.2) is 4.98 Å². The van der Waals surface area contributed by atoms with Crippen LogP contribution in [0, 0.1) is 6.92 Å². The zero-order chi connectivity index (χ0) is 15.5. The highest BCUT2D eigenvalue weighted by molar-refractivity contribution is 5.76. The number of carbonyl (C=O) groups is 2. The number of hydrogen-bond donors (Lipinski definition) is 3. The predicted octanol–water partition coefficient (Wildman–Crippen LogP) is 0.809. The highest BCUT2D eigenvalue weighted by atomic mass is 16.3. The molecular weight excluding hydrogens is 248 g/mol. The molecule has 19 heavy (non-hydrogen) atoms. The van der Waals surface area contributed by atoms with Crippen LogP contribution in [0.3, 0.4) is 0 Å². The number of aryl methyl sites for hydroxylation is 1. The molecule has 1 aromatic rings. The molecule has 0 saturated carbocycles. The molecular formula is C13H22N2O4. The molecule has 6 heteroatoms. The summed E-state index contributed by atoms with van der Waals surface area (Å²) in [5.74, 6) is 0.729. The van der Waals surface area contributed by atoms with Gasteiger partial charge in [-0.05, 0) is 32.9 Å². The summed E-state index contributed by atoms with van der Waals surface area (Å²) in [6.07, 6.45) is 1.31. The highest BCUT2D eigenvalue weighted by Crippen LogP contribution is 2.06. The van der Waals surface area contributed by atoms with Crippen molar-refractivity contribution in [3.8, 4) is 0 Å². The maximum Gasteiger partial charge on any atom is 0.150 e. The van der Waals surface area contributed by atoms with E-state index in [9.17, 15) is 9.59 Å². The van der Waals surface area contributed by atoms with Crippen LogP contribution < -0.4 is 5.32 Å². The number of anilines is 1. The van der Waals surface area contributed by atoms with Crippen LogP contribution in [0.25, 0.3) is 0 Å². The molecule has 0 aliphatic carbocycles. The summed E-state index contributed by atoms with van der Waals surface area (Å²) in [6, 6.07) is 3.45. The summed E-state index contributed by atoms with van der Waals surface area (Å²) >= 11 is 0. The van der Waals surface area contributed by atoms with E-state index in [1.54, 1.807) is 19.2 Å². The van der Waals surface area contributed by atoms with Crippen molar-refractivity contribution in [2.75, 3.05) is 19.5 Å². The van der Waals surface area contributed by atoms with Crippen molar-refractivity contribution in [3.63, 3.8) is 0 Å². The van der Waals surface area contributed by atoms with Crippen LogP contribution in [-0.4, -0.2) is 47.5 Å². The monoisotopic (exact) mass is 270 g/mol. The molecule has 1 rings (SSSR count). The summed E-state index contributed by atoms with van der Waals surface area (Å²) in [7, 11) is 2.77. The quantitative estimate of drug-likeness (QED) is 0.703. The number of aliphatic hydroxyl groups excluding tert-OH is 1. The number of nitrogens with zero attached hydrogens (tertiary/aromatic N) is 1. The molecule has 0 radical (unpaired) electrons. The van der Waals surface area contributed by atoms with E-state index >= 15 is 0 Å². The fraction of sp³-hybridized carbons (Fsp3) is 0.462. The fourth-order valence-corrected chi connectivity index (χ4v) is 0.891. The van der Waals surface area contributed by atoms with Gasteiger partial charge in [0.25, 0.3) is 0 Å². The van der Waals surface area contributed by atoms with Crippen molar-refractivity contribution in [1.29, 1.82) is 0 Å². The molecule has 0 spiro atoms. The number of aromatic nitrogens is 1. The number of pyridine rings is 1. The summed E-state index contributed by atoms with van der Waals surface area (Å²) in [5.41, 5.74) is 0.362. The summed E-state index contributed by atoms with van der Waals surface area (Å²) in [4.78, 5) is 24.1. The predicted molar refractivity (Wildman–Crippen MR) is 74.4 cm³/mol. The first-order valence-corrected chi connectivity index (χ1v) is 5.57. The average Bonchev–Trinajstić information content (AvgIpc) is 2.40. The molecule has 108 valence electrons. The number of rotatable bonds is 3. The van der Waals surface area contributed by atoms with Crippen LogP contribution >= 0.6 is 0 Å². The Morgan fingerprint density at radius 2 is 1.74 bits per heavy atom. The van der Waals surface area contributed by atoms with Crippen molar-refractivity contribution >= 4 is 18.4 Å². The molecule has 0 unspecified atom stereocenters. The van der Waals surface area contributed by atoms with Gasteiger partial charge in [-0.3, -0.25) is 4.79 Å². The van der Waals surface area contributed by atoms with Gasteiger partial charge in [-0.2, -0.15) is 0 Å². The number of aldehydes is 2. The maximum absolute atomic E-state index is 10.4. The standard InChI is InChI=1S/C8H10N2O.C4H8O2.CH4O/c1-6-3-7(5-11)4-8(9-2)10-6;1-4(2,6)3-5;1-2/h3-5H,1-2H3,(H,9,10);3,6H,1-2H3;2H,1H3. The van der Waals surface area contributed by atoms with E-state index in [4.69, 9.17) is 10.2 Å². The van der Waals surface area contributed by atoms with Crippen LogP contribution in [0.15, 0.2) is 12.1 Å². The van der Waals surface area contributed by atoms with Gasteiger partial charge in [0.05, 0.1) is 0 Å². The van der Waals surface area contributed by atoms with Crippen molar-refractivity contribution in [2.24, 2.45) is 0 Å². The Labute approximate surface area is 113 Å². The molecule has 0 fully saturated rings. The van der Waals surface area contributed by atoms with Gasteiger partial charge in [-0.15, -0.1) is 0 Å². The Bertz CT molecular complexity index is 387. The van der Waals surface area contributed by atoms with E-state index in [2.05, 4.69) is 10.3 Å². The topological polar surface area (TPSA) is 99.5 Å². The van der Waals surface area contributed by atoms with Crippen LogP contribution in [0.2, 0.25) is 0 Å². The van der Waals surface area contributed by atoms with Gasteiger partial charge in [0.15, 0.2) is 6.29 Å². The Morgan fingerprint density at radius 1 is 1.26 bits per heavy atom. The zero-order valence-electron chi connectivity index (χ0n) is 12.0. The molecule has 0 atom stereocenters. The van der Waals surface area contributed by atoms with Crippen molar-refractivity contribution < 1.29 is 19.8 Å². The lowest BCUT2D eigenvalue weighted by molar-refractivity contribution is -0.120. The van der Waals surface area contributed by atoms with Gasteiger partial charge < -0.3 is 20.3 Å². The van der Waals surface area contributed by atoms with Gasteiger partial charge in [-0.1, -0.05) is 0 Å². The number of aliphatic hydroxyl groups is 2. The molecule has 1 heterocycles. The number of hydrogen-bond acceptors (Lipinski definition) is 6. The second-order valence-electron chi connectivity index (χ2n) is 4.07. The van der Waals surface area contributed by atoms with Crippen LogP contribution in [0.1, 0.15) is 29.9 Å². The zero-order valence-corrected chi connectivity index (χ0v) is 12.0. The van der Waals surface area contributed by atoms with Gasteiger partial charge >= 0.3 is 0 Å². The second kappa shape index (κ2) is 10.2. The Balaban J connectivity index is 0. The smallest absolute Gasteiger partial charge is 0.150 e. The first-order chi connectivity index (χ1) is 8.82. The second-order valence-corrected chi connectivity index (χ2v) is 4.07. The van der Waals surface area contributed by atoms with E-state index in [0.29, 0.717) is 11.8 Å². The minimum Gasteiger partial charge on any atom is -0.400 e. The Morgan fingerprint density at radius 3 is 2.05 bits per heavy atom. The molecule has 0 bridgehead atoms. The first kappa shape index (κ1) is 19.5. The summed E-state index contributed by atoms with van der Waals surface area (Å²) < 4.78 is 0. The molecule has 0 aromatic carbocycles. The summed E-state index contributed by atoms with van der Waals surface area (Å²) in [5, 5.41) is 18.3. The molecule has 3 N–H and O–H groups in total. The van der Waals surface area contributed by atoms with Crippen molar-refractivity contribution in [3.05, 3.63) is 23.4 Å². The molecule has 0 aliphatic rings. The van der Waals surface area contributed by atoms with Crippen molar-refractivity contribution in [2.45, 2.75) is 26.4 Å². The van der Waals surface area contributed by atoms with Crippen LogP contribution in [0.5, 0.6) is 0 Å². The Kier molecular flexibility index (Phi) is 10.5. The minimum absolute atomic E-state index is 0.493. The minimum atomic E-state index is -1.14. The molecule has 0 aliphatic heterocycles. The lowest BCUT2D eigenvalue weighted by Crippen LogP contribution is -2.19. The highest BCUT2D eigenvalue weighted by Gasteiger charge is 2.07. The average molecular weight is 270 g/mol. The molecule has 0 amide bonds. The van der Waals surface area contributed by atoms with E-state index in [-0.39, 0.29) is 0 Å². The molecule has 1 aromatic heterocycles. The maximum atomic E-state index is 10.4. The van der Waals surface area contributed by atoms with Crippen LogP contribution in [-0.2, 0) is 4.79 Å². The third-order valence-electron chi connectivity index (χ3n) is 1.66. The summed E-state index contributed by atoms with van der Waals surface area (Å²) in [6.45, 7) is 4.72. The first-order valence-electron chi connectivity index (χ1n) is 5.57. The number of nitrogens with one attached hydrogen (secondary N) is 1. The number of carbonyl (C=O) groups excluding carboxylic acids is 2. The normalized spacial score (nSPS) is 9.21. The lowest BCUT2D eigenvalue weighted by Gasteiger charge is -2.02. The molecule has 0 saturated heterocycles. The fourth-order valence-electron chi connectivity index (χ4n) is 0.891. The van der Waals surface area contributed by atoms with E-state index in [1.807, 2.05) is 6.92 Å². The van der Waals surface area contributed by atoms with E-state index < -0.39 is 5.60 Å². The third kappa shape index (κ3) is 11.1. The Hall–Kier alpha value is -1.79. The van der Waals surface area contributed by atoms with Crippen molar-refractivity contribution in [1.82, 2.24) is 4.98 Å².